The number of hydrogen-bond donors (Lipinski definition) is 0. The van der Waals surface area contributed by atoms with Crippen molar-refractivity contribution in [1.29, 1.82) is 0 Å². The smallest absolute Gasteiger partial charge is 0.123 e. The van der Waals surface area contributed by atoms with Crippen molar-refractivity contribution in [1.82, 2.24) is 9.88 Å². The normalized spacial score (nSPS) is 22.5. The van der Waals surface area contributed by atoms with Crippen LogP contribution in [0.5, 0.6) is 0 Å². The predicted octanol–water partition coefficient (Wildman–Crippen LogP) is 4.84. The highest BCUT2D eigenvalue weighted by molar-refractivity contribution is 7.09. The fourth-order valence-corrected chi connectivity index (χ4v) is 4.97. The van der Waals surface area contributed by atoms with Crippen LogP contribution in [-0.4, -0.2) is 29.6 Å². The highest BCUT2D eigenvalue weighted by atomic mass is 32.1. The second kappa shape index (κ2) is 8.43. The number of aromatic nitrogens is 1. The first-order valence-electron chi connectivity index (χ1n) is 9.69. The number of hydrogen-bond acceptors (Lipinski definition) is 4. The average molecular weight is 357 g/mol. The number of morpholine rings is 1. The summed E-state index contributed by atoms with van der Waals surface area (Å²) in [7, 11) is 0. The Morgan fingerprint density at radius 3 is 2.84 bits per heavy atom. The van der Waals surface area contributed by atoms with Gasteiger partial charge in [0.2, 0.25) is 0 Å². The summed E-state index contributed by atoms with van der Waals surface area (Å²) in [6, 6.07) is 10.7. The lowest BCUT2D eigenvalue weighted by Crippen LogP contribution is -2.37. The molecule has 2 aromatic rings. The number of benzene rings is 1. The maximum atomic E-state index is 6.03. The van der Waals surface area contributed by atoms with E-state index in [2.05, 4.69) is 40.6 Å². The van der Waals surface area contributed by atoms with Crippen LogP contribution in [-0.2, 0) is 17.7 Å². The summed E-state index contributed by atoms with van der Waals surface area (Å²) in [4.78, 5) is 7.39. The van der Waals surface area contributed by atoms with Gasteiger partial charge in [0.15, 0.2) is 0 Å². The fraction of sp³-hybridized carbons (Fsp3) is 0.571. The quantitative estimate of drug-likeness (QED) is 0.740. The minimum absolute atomic E-state index is 0.141. The van der Waals surface area contributed by atoms with E-state index >= 15 is 0 Å². The molecular weight excluding hydrogens is 328 g/mol. The topological polar surface area (TPSA) is 25.4 Å². The van der Waals surface area contributed by atoms with Crippen molar-refractivity contribution < 1.29 is 4.74 Å². The van der Waals surface area contributed by atoms with E-state index in [0.29, 0.717) is 0 Å². The van der Waals surface area contributed by atoms with E-state index in [9.17, 15) is 0 Å². The molecule has 1 aliphatic heterocycles. The lowest BCUT2D eigenvalue weighted by molar-refractivity contribution is -0.0330. The summed E-state index contributed by atoms with van der Waals surface area (Å²) >= 11 is 1.78. The summed E-state index contributed by atoms with van der Waals surface area (Å²) < 4.78 is 6.03. The van der Waals surface area contributed by atoms with Gasteiger partial charge in [-0.1, -0.05) is 56.0 Å². The summed E-state index contributed by atoms with van der Waals surface area (Å²) in [6.45, 7) is 3.75. The third kappa shape index (κ3) is 4.69. The second-order valence-electron chi connectivity index (χ2n) is 7.45. The molecule has 2 heterocycles. The molecule has 1 unspecified atom stereocenters. The molecule has 1 atom stereocenters. The van der Waals surface area contributed by atoms with E-state index in [-0.39, 0.29) is 6.10 Å². The zero-order valence-electron chi connectivity index (χ0n) is 14.9. The molecule has 134 valence electrons. The van der Waals surface area contributed by atoms with Crippen molar-refractivity contribution in [2.24, 2.45) is 5.92 Å². The number of thiazole rings is 1. The molecule has 3 nitrogen and oxygen atoms in total. The molecule has 2 fully saturated rings. The number of ether oxygens (including phenoxy) is 1. The Kier molecular flexibility index (Phi) is 5.80. The van der Waals surface area contributed by atoms with Gasteiger partial charge < -0.3 is 4.74 Å². The third-order valence-corrected chi connectivity index (χ3v) is 6.51. The lowest BCUT2D eigenvalue weighted by atomic mass is 10.0. The molecule has 4 heteroatoms. The molecule has 0 radical (unpaired) electrons. The zero-order chi connectivity index (χ0) is 16.9. The third-order valence-electron chi connectivity index (χ3n) is 5.53. The first-order chi connectivity index (χ1) is 12.4. The Labute approximate surface area is 155 Å². The van der Waals surface area contributed by atoms with Crippen molar-refractivity contribution in [3.63, 3.8) is 0 Å². The van der Waals surface area contributed by atoms with Crippen molar-refractivity contribution in [2.45, 2.75) is 51.2 Å². The molecule has 1 aromatic heterocycles. The Morgan fingerprint density at radius 1 is 1.16 bits per heavy atom. The van der Waals surface area contributed by atoms with Crippen molar-refractivity contribution in [3.05, 3.63) is 52.0 Å². The van der Waals surface area contributed by atoms with Crippen molar-refractivity contribution >= 4 is 11.3 Å². The number of nitrogens with zero attached hydrogens (tertiary/aromatic N) is 2. The van der Waals surface area contributed by atoms with Gasteiger partial charge in [0.05, 0.1) is 12.3 Å². The molecular formula is C21H28N2OS. The maximum Gasteiger partial charge on any atom is 0.123 e. The lowest BCUT2D eigenvalue weighted by Gasteiger charge is -2.32. The van der Waals surface area contributed by atoms with Crippen LogP contribution in [0, 0.1) is 5.92 Å². The van der Waals surface area contributed by atoms with E-state index < -0.39 is 0 Å². The van der Waals surface area contributed by atoms with Gasteiger partial charge in [0.25, 0.3) is 0 Å². The van der Waals surface area contributed by atoms with Crippen LogP contribution in [0.2, 0.25) is 0 Å². The van der Waals surface area contributed by atoms with Gasteiger partial charge in [-0.15, -0.1) is 11.3 Å². The van der Waals surface area contributed by atoms with Gasteiger partial charge >= 0.3 is 0 Å². The van der Waals surface area contributed by atoms with Crippen molar-refractivity contribution in [2.75, 3.05) is 19.7 Å². The molecule has 0 N–H and O–H groups in total. The average Bonchev–Trinajstić information content (AvgIpc) is 3.33. The number of rotatable bonds is 6. The maximum absolute atomic E-state index is 6.03. The molecule has 1 saturated heterocycles. The summed E-state index contributed by atoms with van der Waals surface area (Å²) in [5, 5.41) is 3.42. The fourth-order valence-electron chi connectivity index (χ4n) is 4.07. The minimum atomic E-state index is 0.141. The highest BCUT2D eigenvalue weighted by Crippen LogP contribution is 2.30. The van der Waals surface area contributed by atoms with Gasteiger partial charge in [-0.2, -0.15) is 0 Å². The molecule has 0 amide bonds. The predicted molar refractivity (Wildman–Crippen MR) is 103 cm³/mol. The molecule has 0 spiro atoms. The SMILES string of the molecule is c1ccc(CN2CCOC(c3nc(CCC4CCCC4)cs3)C2)cc1. The molecule has 4 rings (SSSR count). The van der Waals surface area contributed by atoms with Crippen molar-refractivity contribution in [3.8, 4) is 0 Å². The summed E-state index contributed by atoms with van der Waals surface area (Å²) in [6.07, 6.45) is 8.31. The second-order valence-corrected chi connectivity index (χ2v) is 8.34. The van der Waals surface area contributed by atoms with Crippen LogP contribution in [0.15, 0.2) is 35.7 Å². The van der Waals surface area contributed by atoms with Crippen LogP contribution in [0.3, 0.4) is 0 Å². The zero-order valence-corrected chi connectivity index (χ0v) is 15.7. The van der Waals surface area contributed by atoms with Gasteiger partial charge in [0.1, 0.15) is 11.1 Å². The first kappa shape index (κ1) is 17.2. The van der Waals surface area contributed by atoms with E-state index in [0.717, 1.165) is 38.6 Å². The van der Waals surface area contributed by atoms with E-state index in [1.165, 1.54) is 48.4 Å². The Morgan fingerprint density at radius 2 is 2.00 bits per heavy atom. The monoisotopic (exact) mass is 356 g/mol. The first-order valence-corrected chi connectivity index (χ1v) is 10.6. The van der Waals surface area contributed by atoms with E-state index in [4.69, 9.17) is 9.72 Å². The highest BCUT2D eigenvalue weighted by Gasteiger charge is 2.24. The van der Waals surface area contributed by atoms with Crippen LogP contribution < -0.4 is 0 Å². The van der Waals surface area contributed by atoms with Crippen LogP contribution in [0.1, 0.15) is 54.5 Å². The largest absolute Gasteiger partial charge is 0.368 e. The number of aryl methyl sites for hydroxylation is 1. The van der Waals surface area contributed by atoms with Gasteiger partial charge in [-0.3, -0.25) is 4.90 Å². The van der Waals surface area contributed by atoms with E-state index in [1.807, 2.05) is 0 Å². The summed E-state index contributed by atoms with van der Waals surface area (Å²) in [5.41, 5.74) is 2.65. The Bertz CT molecular complexity index is 651. The van der Waals surface area contributed by atoms with Crippen LogP contribution in [0.25, 0.3) is 0 Å². The molecule has 1 aliphatic carbocycles. The van der Waals surface area contributed by atoms with Gasteiger partial charge in [0, 0.05) is 25.0 Å². The molecule has 1 aromatic carbocycles. The molecule has 0 bridgehead atoms. The molecule has 1 saturated carbocycles. The van der Waals surface area contributed by atoms with Crippen LogP contribution in [0.4, 0.5) is 0 Å². The summed E-state index contributed by atoms with van der Waals surface area (Å²) in [5.74, 6) is 0.942. The molecule has 2 aliphatic rings. The Hall–Kier alpha value is -1.23. The van der Waals surface area contributed by atoms with Gasteiger partial charge in [-0.05, 0) is 24.3 Å². The van der Waals surface area contributed by atoms with Crippen LogP contribution >= 0.6 is 11.3 Å². The minimum Gasteiger partial charge on any atom is -0.368 e. The Balaban J connectivity index is 1.31. The standard InChI is InChI=1S/C21H28N2OS/c1-2-8-18(9-3-1)14-23-12-13-24-20(15-23)21-22-19(16-25-21)11-10-17-6-4-5-7-17/h1-3,8-9,16-17,20H,4-7,10-15H2. The molecule has 25 heavy (non-hydrogen) atoms. The van der Waals surface area contributed by atoms with E-state index in [1.54, 1.807) is 11.3 Å². The van der Waals surface area contributed by atoms with Gasteiger partial charge in [-0.25, -0.2) is 4.98 Å².